The van der Waals surface area contributed by atoms with Crippen molar-refractivity contribution >= 4 is 17.5 Å². The lowest BCUT2D eigenvalue weighted by Crippen LogP contribution is -2.30. The Hall–Kier alpha value is -3.60. The number of hydrogen-bond acceptors (Lipinski definition) is 3. The summed E-state index contributed by atoms with van der Waals surface area (Å²) in [7, 11) is 0. The second-order valence-electron chi connectivity index (χ2n) is 6.99. The van der Waals surface area contributed by atoms with Crippen molar-refractivity contribution in [3.8, 4) is 5.75 Å². The highest BCUT2D eigenvalue weighted by Gasteiger charge is 2.15. The van der Waals surface area contributed by atoms with Crippen molar-refractivity contribution in [2.45, 2.75) is 32.9 Å². The molecule has 5 heteroatoms. The van der Waals surface area contributed by atoms with E-state index in [0.29, 0.717) is 17.9 Å². The van der Waals surface area contributed by atoms with Crippen LogP contribution in [0, 0.1) is 0 Å². The van der Waals surface area contributed by atoms with E-state index in [-0.39, 0.29) is 11.8 Å². The van der Waals surface area contributed by atoms with E-state index in [1.165, 1.54) is 5.56 Å². The zero-order valence-electron chi connectivity index (χ0n) is 17.2. The van der Waals surface area contributed by atoms with E-state index in [9.17, 15) is 9.59 Å². The number of ether oxygens (including phenoxy) is 1. The van der Waals surface area contributed by atoms with Crippen molar-refractivity contribution in [3.63, 3.8) is 0 Å². The highest BCUT2D eigenvalue weighted by atomic mass is 16.5. The molecule has 1 unspecified atom stereocenters. The topological polar surface area (TPSA) is 67.4 Å². The van der Waals surface area contributed by atoms with Crippen LogP contribution >= 0.6 is 0 Å². The largest absolute Gasteiger partial charge is 0.481 e. The molecule has 30 heavy (non-hydrogen) atoms. The lowest BCUT2D eigenvalue weighted by molar-refractivity contribution is -0.122. The third-order valence-corrected chi connectivity index (χ3v) is 4.72. The molecule has 0 bridgehead atoms. The molecular formula is C25H26N2O3. The van der Waals surface area contributed by atoms with Gasteiger partial charge in [0.2, 0.25) is 0 Å². The Balaban J connectivity index is 1.51. The van der Waals surface area contributed by atoms with Crippen LogP contribution in [0.3, 0.4) is 0 Å². The average Bonchev–Trinajstić information content (AvgIpc) is 2.79. The van der Waals surface area contributed by atoms with Crippen LogP contribution in [-0.2, 0) is 17.8 Å². The molecule has 154 valence electrons. The second-order valence-corrected chi connectivity index (χ2v) is 6.99. The summed E-state index contributed by atoms with van der Waals surface area (Å²) >= 11 is 0. The lowest BCUT2D eigenvalue weighted by atomic mass is 10.1. The van der Waals surface area contributed by atoms with Crippen molar-refractivity contribution in [2.75, 3.05) is 5.32 Å². The Morgan fingerprint density at radius 1 is 0.867 bits per heavy atom. The number of carbonyl (C=O) groups is 2. The fraction of sp³-hybridized carbons (Fsp3) is 0.200. The SMILES string of the molecule is CCc1ccc(NC(=O)C(C)Oc2ccc(C(=O)NCc3ccccc3)cc2)cc1. The van der Waals surface area contributed by atoms with Gasteiger partial charge in [-0.1, -0.05) is 49.4 Å². The van der Waals surface area contributed by atoms with E-state index >= 15 is 0 Å². The number of amides is 2. The predicted octanol–water partition coefficient (Wildman–Crippen LogP) is 4.59. The fourth-order valence-electron chi connectivity index (χ4n) is 2.89. The summed E-state index contributed by atoms with van der Waals surface area (Å²) in [5.41, 5.74) is 3.52. The highest BCUT2D eigenvalue weighted by molar-refractivity contribution is 5.95. The van der Waals surface area contributed by atoms with Crippen LogP contribution in [0.15, 0.2) is 78.9 Å². The Morgan fingerprint density at radius 2 is 1.53 bits per heavy atom. The summed E-state index contributed by atoms with van der Waals surface area (Å²) in [6, 6.07) is 24.2. The molecule has 3 aromatic carbocycles. The standard InChI is InChI=1S/C25H26N2O3/c1-3-19-9-13-22(14-10-19)27-24(28)18(2)30-23-15-11-21(12-16-23)25(29)26-17-20-7-5-4-6-8-20/h4-16,18H,3,17H2,1-2H3,(H,26,29)(H,27,28). The number of anilines is 1. The predicted molar refractivity (Wildman–Crippen MR) is 119 cm³/mol. The Labute approximate surface area is 177 Å². The summed E-state index contributed by atoms with van der Waals surface area (Å²) < 4.78 is 5.71. The monoisotopic (exact) mass is 402 g/mol. The second kappa shape index (κ2) is 10.3. The molecule has 0 heterocycles. The molecule has 0 aromatic heterocycles. The van der Waals surface area contributed by atoms with Crippen LogP contribution in [0.4, 0.5) is 5.69 Å². The summed E-state index contributed by atoms with van der Waals surface area (Å²) in [5.74, 6) is 0.134. The van der Waals surface area contributed by atoms with Crippen LogP contribution in [-0.4, -0.2) is 17.9 Å². The van der Waals surface area contributed by atoms with Gasteiger partial charge in [0.15, 0.2) is 6.10 Å². The van der Waals surface area contributed by atoms with Crippen LogP contribution in [0.25, 0.3) is 0 Å². The van der Waals surface area contributed by atoms with E-state index in [1.54, 1.807) is 31.2 Å². The lowest BCUT2D eigenvalue weighted by Gasteiger charge is -2.15. The van der Waals surface area contributed by atoms with Crippen molar-refractivity contribution in [1.82, 2.24) is 5.32 Å². The van der Waals surface area contributed by atoms with Crippen molar-refractivity contribution in [3.05, 3.63) is 95.6 Å². The van der Waals surface area contributed by atoms with Gasteiger partial charge < -0.3 is 15.4 Å². The first-order valence-corrected chi connectivity index (χ1v) is 10.0. The smallest absolute Gasteiger partial charge is 0.265 e. The minimum Gasteiger partial charge on any atom is -0.481 e. The zero-order valence-corrected chi connectivity index (χ0v) is 17.2. The molecule has 0 spiro atoms. The molecule has 0 aliphatic rings. The quantitative estimate of drug-likeness (QED) is 0.579. The molecule has 2 N–H and O–H groups in total. The van der Waals surface area contributed by atoms with Gasteiger partial charge in [-0.05, 0) is 60.9 Å². The van der Waals surface area contributed by atoms with E-state index in [0.717, 1.165) is 17.7 Å². The Morgan fingerprint density at radius 3 is 2.17 bits per heavy atom. The maximum Gasteiger partial charge on any atom is 0.265 e. The minimum absolute atomic E-state index is 0.160. The summed E-state index contributed by atoms with van der Waals surface area (Å²) in [6.07, 6.45) is 0.280. The molecule has 0 saturated carbocycles. The van der Waals surface area contributed by atoms with Gasteiger partial charge in [-0.2, -0.15) is 0 Å². The number of rotatable bonds is 8. The summed E-state index contributed by atoms with van der Waals surface area (Å²) in [5, 5.41) is 5.73. The number of carbonyl (C=O) groups excluding carboxylic acids is 2. The first-order valence-electron chi connectivity index (χ1n) is 10.0. The van der Waals surface area contributed by atoms with Gasteiger partial charge in [0, 0.05) is 17.8 Å². The van der Waals surface area contributed by atoms with Crippen molar-refractivity contribution < 1.29 is 14.3 Å². The molecule has 0 radical (unpaired) electrons. The first kappa shape index (κ1) is 21.1. The number of hydrogen-bond donors (Lipinski definition) is 2. The van der Waals surface area contributed by atoms with Gasteiger partial charge in [-0.25, -0.2) is 0 Å². The molecular weight excluding hydrogens is 376 g/mol. The summed E-state index contributed by atoms with van der Waals surface area (Å²) in [4.78, 5) is 24.7. The fourth-order valence-corrected chi connectivity index (χ4v) is 2.89. The number of benzene rings is 3. The maximum absolute atomic E-state index is 12.4. The van der Waals surface area contributed by atoms with Crippen LogP contribution in [0.1, 0.15) is 35.3 Å². The third-order valence-electron chi connectivity index (χ3n) is 4.72. The summed E-state index contributed by atoms with van der Waals surface area (Å²) in [6.45, 7) is 4.24. The zero-order chi connectivity index (χ0) is 21.3. The molecule has 1 atom stereocenters. The first-order chi connectivity index (χ1) is 14.5. The molecule has 0 fully saturated rings. The van der Waals surface area contributed by atoms with E-state index in [2.05, 4.69) is 17.6 Å². The van der Waals surface area contributed by atoms with Crippen LogP contribution in [0.2, 0.25) is 0 Å². The van der Waals surface area contributed by atoms with E-state index in [4.69, 9.17) is 4.74 Å². The van der Waals surface area contributed by atoms with Gasteiger partial charge in [-0.3, -0.25) is 9.59 Å². The Bertz CT molecular complexity index is 968. The van der Waals surface area contributed by atoms with Crippen molar-refractivity contribution in [2.24, 2.45) is 0 Å². The van der Waals surface area contributed by atoms with E-state index in [1.807, 2.05) is 54.6 Å². The maximum atomic E-state index is 12.4. The molecule has 3 aromatic rings. The molecule has 0 aliphatic heterocycles. The third kappa shape index (κ3) is 5.95. The number of nitrogens with one attached hydrogen (secondary N) is 2. The average molecular weight is 402 g/mol. The Kier molecular flexibility index (Phi) is 7.22. The van der Waals surface area contributed by atoms with Crippen molar-refractivity contribution in [1.29, 1.82) is 0 Å². The van der Waals surface area contributed by atoms with Gasteiger partial charge >= 0.3 is 0 Å². The normalized spacial score (nSPS) is 11.4. The van der Waals surface area contributed by atoms with Gasteiger partial charge in [-0.15, -0.1) is 0 Å². The molecule has 3 rings (SSSR count). The van der Waals surface area contributed by atoms with Crippen LogP contribution in [0.5, 0.6) is 5.75 Å². The van der Waals surface area contributed by atoms with Gasteiger partial charge in [0.05, 0.1) is 0 Å². The van der Waals surface area contributed by atoms with Gasteiger partial charge in [0.1, 0.15) is 5.75 Å². The molecule has 0 aliphatic carbocycles. The molecule has 5 nitrogen and oxygen atoms in total. The van der Waals surface area contributed by atoms with Gasteiger partial charge in [0.25, 0.3) is 11.8 Å². The minimum atomic E-state index is -0.673. The van der Waals surface area contributed by atoms with Crippen LogP contribution < -0.4 is 15.4 Å². The number of aryl methyl sites for hydroxylation is 1. The molecule has 2 amide bonds. The van der Waals surface area contributed by atoms with E-state index < -0.39 is 6.10 Å². The highest BCUT2D eigenvalue weighted by Crippen LogP contribution is 2.16. The molecule has 0 saturated heterocycles.